The summed E-state index contributed by atoms with van der Waals surface area (Å²) in [6.07, 6.45) is 1.92. The van der Waals surface area contributed by atoms with Crippen molar-refractivity contribution in [2.45, 2.75) is 32.9 Å². The highest BCUT2D eigenvalue weighted by molar-refractivity contribution is 5.05. The van der Waals surface area contributed by atoms with Crippen LogP contribution in [0.5, 0.6) is 0 Å². The van der Waals surface area contributed by atoms with E-state index in [1.807, 2.05) is 21.0 Å². The van der Waals surface area contributed by atoms with Crippen molar-refractivity contribution in [1.29, 1.82) is 0 Å². The maximum Gasteiger partial charge on any atom is 0.0808 e. The van der Waals surface area contributed by atoms with Crippen LogP contribution in [0.3, 0.4) is 0 Å². The van der Waals surface area contributed by atoms with Crippen molar-refractivity contribution in [3.8, 4) is 0 Å². The average molecular weight is 226 g/mol. The molecular formula is C11H22N4O. The van der Waals surface area contributed by atoms with Gasteiger partial charge in [-0.1, -0.05) is 19.1 Å². The second-order valence-corrected chi connectivity index (χ2v) is 4.21. The van der Waals surface area contributed by atoms with E-state index < -0.39 is 0 Å². The minimum atomic E-state index is 0.125. The first kappa shape index (κ1) is 13.1. The van der Waals surface area contributed by atoms with Gasteiger partial charge in [-0.3, -0.25) is 4.68 Å². The van der Waals surface area contributed by atoms with Crippen LogP contribution in [0.15, 0.2) is 6.20 Å². The van der Waals surface area contributed by atoms with E-state index in [9.17, 15) is 0 Å². The highest BCUT2D eigenvalue weighted by Crippen LogP contribution is 2.23. The zero-order valence-electron chi connectivity index (χ0n) is 10.8. The van der Waals surface area contributed by atoms with Crippen molar-refractivity contribution >= 4 is 0 Å². The Morgan fingerprint density at radius 3 is 2.56 bits per heavy atom. The molecule has 0 spiro atoms. The molecule has 0 aliphatic carbocycles. The van der Waals surface area contributed by atoms with Gasteiger partial charge in [-0.05, 0) is 19.9 Å². The van der Waals surface area contributed by atoms with Crippen LogP contribution in [0.2, 0.25) is 0 Å². The number of likely N-dealkylation sites (N-methyl/N-ethyl adjacent to an activating group) is 1. The Hall–Kier alpha value is -0.940. The fraction of sp³-hybridized carbons (Fsp3) is 0.818. The monoisotopic (exact) mass is 226 g/mol. The highest BCUT2D eigenvalue weighted by atomic mass is 16.5. The summed E-state index contributed by atoms with van der Waals surface area (Å²) >= 11 is 0. The van der Waals surface area contributed by atoms with E-state index >= 15 is 0 Å². The number of hydrogen-bond donors (Lipinski definition) is 1. The maximum absolute atomic E-state index is 5.80. The molecule has 0 aliphatic rings. The van der Waals surface area contributed by atoms with Gasteiger partial charge in [0.1, 0.15) is 0 Å². The van der Waals surface area contributed by atoms with Crippen LogP contribution in [0.1, 0.15) is 32.5 Å². The Balaban J connectivity index is 2.90. The van der Waals surface area contributed by atoms with Crippen LogP contribution < -0.4 is 5.32 Å². The second-order valence-electron chi connectivity index (χ2n) is 4.21. The predicted octanol–water partition coefficient (Wildman–Crippen LogP) is 1.14. The molecule has 16 heavy (non-hydrogen) atoms. The summed E-state index contributed by atoms with van der Waals surface area (Å²) in [4.78, 5) is 0. The van der Waals surface area contributed by atoms with E-state index in [4.69, 9.17) is 4.74 Å². The SMILES string of the molecule is CCOC(C(C)C)C(NC)c1cnnn1C. The van der Waals surface area contributed by atoms with Crippen LogP contribution >= 0.6 is 0 Å². The molecule has 0 bridgehead atoms. The van der Waals surface area contributed by atoms with Gasteiger partial charge in [-0.15, -0.1) is 5.10 Å². The molecule has 1 N–H and O–H groups in total. The van der Waals surface area contributed by atoms with Crippen LogP contribution in [-0.2, 0) is 11.8 Å². The average Bonchev–Trinajstić information content (AvgIpc) is 2.65. The van der Waals surface area contributed by atoms with Gasteiger partial charge in [0.15, 0.2) is 0 Å². The first-order valence-corrected chi connectivity index (χ1v) is 5.75. The molecule has 5 heteroatoms. The number of aromatic nitrogens is 3. The fourth-order valence-electron chi connectivity index (χ4n) is 1.93. The lowest BCUT2D eigenvalue weighted by atomic mass is 9.97. The standard InChI is InChI=1S/C11H22N4O/c1-6-16-11(8(2)3)10(12-4)9-7-13-14-15(9)5/h7-8,10-12H,6H2,1-5H3. The Bertz CT molecular complexity index is 311. The van der Waals surface area contributed by atoms with Crippen molar-refractivity contribution in [3.05, 3.63) is 11.9 Å². The summed E-state index contributed by atoms with van der Waals surface area (Å²) in [6.45, 7) is 7.05. The first-order valence-electron chi connectivity index (χ1n) is 5.75. The fourth-order valence-corrected chi connectivity index (χ4v) is 1.93. The number of rotatable bonds is 6. The topological polar surface area (TPSA) is 52.0 Å². The van der Waals surface area contributed by atoms with Crippen molar-refractivity contribution in [1.82, 2.24) is 20.3 Å². The Morgan fingerprint density at radius 1 is 1.50 bits per heavy atom. The highest BCUT2D eigenvalue weighted by Gasteiger charge is 2.27. The first-order chi connectivity index (χ1) is 7.61. The van der Waals surface area contributed by atoms with Gasteiger partial charge in [0.25, 0.3) is 0 Å². The summed E-state index contributed by atoms with van der Waals surface area (Å²) in [5.41, 5.74) is 1.05. The molecule has 0 saturated carbocycles. The van der Waals surface area contributed by atoms with E-state index in [1.54, 1.807) is 10.9 Å². The molecule has 1 heterocycles. The van der Waals surface area contributed by atoms with Gasteiger partial charge in [0.05, 0.1) is 24.0 Å². The maximum atomic E-state index is 5.80. The van der Waals surface area contributed by atoms with Gasteiger partial charge < -0.3 is 10.1 Å². The van der Waals surface area contributed by atoms with Crippen LogP contribution in [0, 0.1) is 5.92 Å². The minimum Gasteiger partial charge on any atom is -0.376 e. The normalized spacial score (nSPS) is 15.4. The van der Waals surface area contributed by atoms with Crippen molar-refractivity contribution in [2.24, 2.45) is 13.0 Å². The Kier molecular flexibility index (Phi) is 4.89. The molecule has 1 aromatic heterocycles. The molecule has 92 valence electrons. The molecule has 0 fully saturated rings. The Labute approximate surface area is 97.2 Å². The smallest absolute Gasteiger partial charge is 0.0808 e. The largest absolute Gasteiger partial charge is 0.376 e. The molecule has 2 unspecified atom stereocenters. The van der Waals surface area contributed by atoms with Gasteiger partial charge in [0.2, 0.25) is 0 Å². The summed E-state index contributed by atoms with van der Waals surface area (Å²) in [5.74, 6) is 0.437. The third-order valence-corrected chi connectivity index (χ3v) is 2.72. The van der Waals surface area contributed by atoms with Crippen molar-refractivity contribution in [3.63, 3.8) is 0 Å². The van der Waals surface area contributed by atoms with Crippen molar-refractivity contribution in [2.75, 3.05) is 13.7 Å². The molecule has 0 saturated heterocycles. The molecule has 1 aromatic rings. The van der Waals surface area contributed by atoms with Crippen LogP contribution in [-0.4, -0.2) is 34.8 Å². The quantitative estimate of drug-likeness (QED) is 0.790. The zero-order chi connectivity index (χ0) is 12.1. The molecule has 5 nitrogen and oxygen atoms in total. The van der Waals surface area contributed by atoms with E-state index in [2.05, 4.69) is 29.5 Å². The third-order valence-electron chi connectivity index (χ3n) is 2.72. The second kappa shape index (κ2) is 5.96. The lowest BCUT2D eigenvalue weighted by molar-refractivity contribution is 0.00277. The molecule has 0 aromatic carbocycles. The van der Waals surface area contributed by atoms with E-state index in [-0.39, 0.29) is 12.1 Å². The molecule has 0 aliphatic heterocycles. The van der Waals surface area contributed by atoms with Gasteiger partial charge in [-0.25, -0.2) is 0 Å². The lowest BCUT2D eigenvalue weighted by Crippen LogP contribution is -2.36. The summed E-state index contributed by atoms with van der Waals surface area (Å²) in [7, 11) is 3.84. The lowest BCUT2D eigenvalue weighted by Gasteiger charge is -2.29. The number of nitrogens with zero attached hydrogens (tertiary/aromatic N) is 3. The Morgan fingerprint density at radius 2 is 2.19 bits per heavy atom. The van der Waals surface area contributed by atoms with Gasteiger partial charge in [0, 0.05) is 13.7 Å². The molecule has 1 rings (SSSR count). The third kappa shape index (κ3) is 2.80. The molecule has 2 atom stereocenters. The molecular weight excluding hydrogens is 204 g/mol. The molecule has 0 amide bonds. The van der Waals surface area contributed by atoms with E-state index in [0.717, 1.165) is 5.69 Å². The van der Waals surface area contributed by atoms with Crippen LogP contribution in [0.4, 0.5) is 0 Å². The summed E-state index contributed by atoms with van der Waals surface area (Å²) in [5, 5.41) is 11.2. The van der Waals surface area contributed by atoms with Crippen molar-refractivity contribution < 1.29 is 4.74 Å². The van der Waals surface area contributed by atoms with Crippen LogP contribution in [0.25, 0.3) is 0 Å². The number of hydrogen-bond acceptors (Lipinski definition) is 4. The van der Waals surface area contributed by atoms with Gasteiger partial charge in [-0.2, -0.15) is 0 Å². The minimum absolute atomic E-state index is 0.125. The van der Waals surface area contributed by atoms with Gasteiger partial charge >= 0.3 is 0 Å². The van der Waals surface area contributed by atoms with E-state index in [1.165, 1.54) is 0 Å². The number of aryl methyl sites for hydroxylation is 1. The molecule has 0 radical (unpaired) electrons. The summed E-state index contributed by atoms with van der Waals surface area (Å²) < 4.78 is 7.59. The number of nitrogens with one attached hydrogen (secondary N) is 1. The predicted molar refractivity (Wildman–Crippen MR) is 63.1 cm³/mol. The zero-order valence-corrected chi connectivity index (χ0v) is 10.8. The number of ether oxygens (including phenoxy) is 1. The van der Waals surface area contributed by atoms with E-state index in [0.29, 0.717) is 12.5 Å². The summed E-state index contributed by atoms with van der Waals surface area (Å²) in [6, 6.07) is 0.125.